The Morgan fingerprint density at radius 2 is 1.57 bits per heavy atom. The number of hydrogen-bond donors (Lipinski definition) is 0. The van der Waals surface area contributed by atoms with Crippen LogP contribution in [0.25, 0.3) is 11.1 Å². The summed E-state index contributed by atoms with van der Waals surface area (Å²) in [5.41, 5.74) is -0.237. The standard InChI is InChI=1S/C29H34F4O2/c1-3-5-21-11-7-19(17-34-21)6-9-20-10-12-22(27(31)26(20)30)23-13-14-24(29(33)28(23)32)25-15-8-18(4-2)16-35-25/h4,10,12-14,18-19,21,25H,2-3,5-9,11,15-17H2,1H3. The van der Waals surface area contributed by atoms with E-state index in [1.807, 2.05) is 0 Å². The lowest BCUT2D eigenvalue weighted by atomic mass is 9.90. The molecule has 0 spiro atoms. The normalized spacial score (nSPS) is 24.9. The third kappa shape index (κ3) is 5.80. The fourth-order valence-electron chi connectivity index (χ4n) is 5.21. The van der Waals surface area contributed by atoms with Gasteiger partial charge in [-0.3, -0.25) is 0 Å². The van der Waals surface area contributed by atoms with Crippen molar-refractivity contribution >= 4 is 0 Å². The molecule has 0 aliphatic carbocycles. The number of hydrogen-bond acceptors (Lipinski definition) is 2. The molecule has 4 unspecified atom stereocenters. The summed E-state index contributed by atoms with van der Waals surface area (Å²) in [6, 6.07) is 5.53. The molecule has 0 radical (unpaired) electrons. The van der Waals surface area contributed by atoms with Crippen LogP contribution in [0.1, 0.15) is 69.1 Å². The summed E-state index contributed by atoms with van der Waals surface area (Å²) < 4.78 is 71.3. The van der Waals surface area contributed by atoms with Gasteiger partial charge in [-0.1, -0.05) is 43.7 Å². The van der Waals surface area contributed by atoms with Crippen molar-refractivity contribution in [3.8, 4) is 11.1 Å². The van der Waals surface area contributed by atoms with Crippen molar-refractivity contribution in [3.63, 3.8) is 0 Å². The average Bonchev–Trinajstić information content (AvgIpc) is 2.88. The molecule has 0 saturated carbocycles. The Hall–Kier alpha value is -2.18. The molecule has 2 aliphatic rings. The van der Waals surface area contributed by atoms with Gasteiger partial charge < -0.3 is 9.47 Å². The van der Waals surface area contributed by atoms with E-state index in [-0.39, 0.29) is 28.2 Å². The van der Waals surface area contributed by atoms with Gasteiger partial charge in [-0.15, -0.1) is 6.58 Å². The van der Waals surface area contributed by atoms with Gasteiger partial charge in [0.05, 0.1) is 18.8 Å². The van der Waals surface area contributed by atoms with Gasteiger partial charge in [-0.05, 0) is 56.4 Å². The molecule has 0 bridgehead atoms. The highest BCUT2D eigenvalue weighted by atomic mass is 19.2. The minimum absolute atomic E-state index is 0.0992. The first kappa shape index (κ1) is 25.9. The molecule has 6 heteroatoms. The van der Waals surface area contributed by atoms with Gasteiger partial charge in [-0.25, -0.2) is 17.6 Å². The summed E-state index contributed by atoms with van der Waals surface area (Å²) in [6.07, 6.45) is 8.05. The first-order valence-electron chi connectivity index (χ1n) is 12.7. The monoisotopic (exact) mass is 490 g/mol. The zero-order valence-corrected chi connectivity index (χ0v) is 20.3. The minimum atomic E-state index is -1.19. The third-order valence-electron chi connectivity index (χ3n) is 7.45. The largest absolute Gasteiger partial charge is 0.378 e. The van der Waals surface area contributed by atoms with E-state index in [4.69, 9.17) is 9.47 Å². The molecule has 2 nitrogen and oxygen atoms in total. The van der Waals surface area contributed by atoms with Gasteiger partial charge >= 0.3 is 0 Å². The van der Waals surface area contributed by atoms with Gasteiger partial charge in [0.2, 0.25) is 0 Å². The molecule has 2 aliphatic heterocycles. The van der Waals surface area contributed by atoms with Crippen molar-refractivity contribution in [2.45, 2.75) is 70.5 Å². The van der Waals surface area contributed by atoms with Gasteiger partial charge in [0.25, 0.3) is 0 Å². The van der Waals surface area contributed by atoms with Gasteiger partial charge in [-0.2, -0.15) is 0 Å². The van der Waals surface area contributed by atoms with Gasteiger partial charge in [0.15, 0.2) is 23.3 Å². The highest BCUT2D eigenvalue weighted by molar-refractivity contribution is 5.66. The van der Waals surface area contributed by atoms with Crippen LogP contribution in [0, 0.1) is 35.1 Å². The van der Waals surface area contributed by atoms with Crippen molar-refractivity contribution < 1.29 is 27.0 Å². The van der Waals surface area contributed by atoms with E-state index in [0.29, 0.717) is 44.5 Å². The molecule has 190 valence electrons. The molecule has 4 atom stereocenters. The first-order valence-corrected chi connectivity index (χ1v) is 12.7. The molecule has 2 saturated heterocycles. The van der Waals surface area contributed by atoms with E-state index < -0.39 is 29.4 Å². The van der Waals surface area contributed by atoms with Crippen molar-refractivity contribution in [3.05, 3.63) is 71.3 Å². The minimum Gasteiger partial charge on any atom is -0.378 e. The quantitative estimate of drug-likeness (QED) is 0.275. The van der Waals surface area contributed by atoms with E-state index >= 15 is 0 Å². The Kier molecular flexibility index (Phi) is 8.66. The number of benzene rings is 2. The Bertz CT molecular complexity index is 1020. The van der Waals surface area contributed by atoms with Gasteiger partial charge in [0, 0.05) is 29.2 Å². The number of rotatable bonds is 8. The Balaban J connectivity index is 1.45. The van der Waals surface area contributed by atoms with Crippen molar-refractivity contribution in [1.29, 1.82) is 0 Å². The fourth-order valence-corrected chi connectivity index (χ4v) is 5.21. The van der Waals surface area contributed by atoms with Crippen LogP contribution in [-0.4, -0.2) is 19.3 Å². The summed E-state index contributed by atoms with van der Waals surface area (Å²) in [5, 5.41) is 0. The predicted octanol–water partition coefficient (Wildman–Crippen LogP) is 8.09. The van der Waals surface area contributed by atoms with Crippen LogP contribution in [0.5, 0.6) is 0 Å². The number of halogens is 4. The van der Waals surface area contributed by atoms with Crippen molar-refractivity contribution in [2.75, 3.05) is 13.2 Å². The maximum absolute atomic E-state index is 15.0. The summed E-state index contributed by atoms with van der Waals surface area (Å²) >= 11 is 0. The topological polar surface area (TPSA) is 18.5 Å². The van der Waals surface area contributed by atoms with Crippen molar-refractivity contribution in [2.24, 2.45) is 11.8 Å². The molecule has 0 amide bonds. The van der Waals surface area contributed by atoms with Crippen LogP contribution in [0.3, 0.4) is 0 Å². The molecule has 2 fully saturated rings. The van der Waals surface area contributed by atoms with Crippen LogP contribution in [0.4, 0.5) is 17.6 Å². The molecule has 0 N–H and O–H groups in total. The van der Waals surface area contributed by atoms with Crippen LogP contribution in [0.2, 0.25) is 0 Å². The van der Waals surface area contributed by atoms with Crippen LogP contribution >= 0.6 is 0 Å². The van der Waals surface area contributed by atoms with Crippen LogP contribution in [-0.2, 0) is 15.9 Å². The highest BCUT2D eigenvalue weighted by Gasteiger charge is 2.28. The summed E-state index contributed by atoms with van der Waals surface area (Å²) in [7, 11) is 0. The molecule has 35 heavy (non-hydrogen) atoms. The zero-order chi connectivity index (χ0) is 24.9. The Labute approximate surface area is 205 Å². The Morgan fingerprint density at radius 3 is 2.20 bits per heavy atom. The zero-order valence-electron chi connectivity index (χ0n) is 20.3. The third-order valence-corrected chi connectivity index (χ3v) is 7.45. The average molecular weight is 491 g/mol. The molecular formula is C29H34F4O2. The van der Waals surface area contributed by atoms with Gasteiger partial charge in [0.1, 0.15) is 0 Å². The molecular weight excluding hydrogens is 456 g/mol. The molecule has 0 aromatic heterocycles. The van der Waals surface area contributed by atoms with E-state index in [0.717, 1.165) is 32.1 Å². The Morgan fingerprint density at radius 1 is 0.829 bits per heavy atom. The maximum Gasteiger partial charge on any atom is 0.167 e. The lowest BCUT2D eigenvalue weighted by molar-refractivity contribution is -0.0218. The smallest absolute Gasteiger partial charge is 0.167 e. The van der Waals surface area contributed by atoms with E-state index in [1.165, 1.54) is 24.3 Å². The van der Waals surface area contributed by atoms with E-state index in [9.17, 15) is 17.6 Å². The van der Waals surface area contributed by atoms with Crippen LogP contribution < -0.4 is 0 Å². The second-order valence-corrected chi connectivity index (χ2v) is 9.85. The maximum atomic E-state index is 15.0. The lowest BCUT2D eigenvalue weighted by Gasteiger charge is -2.29. The predicted molar refractivity (Wildman–Crippen MR) is 129 cm³/mol. The summed E-state index contributed by atoms with van der Waals surface area (Å²) in [6.45, 7) is 6.91. The second kappa shape index (κ2) is 11.7. The highest BCUT2D eigenvalue weighted by Crippen LogP contribution is 2.37. The van der Waals surface area contributed by atoms with Crippen LogP contribution in [0.15, 0.2) is 36.9 Å². The summed E-state index contributed by atoms with van der Waals surface area (Å²) in [5.74, 6) is -3.92. The lowest BCUT2D eigenvalue weighted by Crippen LogP contribution is -2.26. The fraction of sp³-hybridized carbons (Fsp3) is 0.517. The van der Waals surface area contributed by atoms with E-state index in [1.54, 1.807) is 6.08 Å². The van der Waals surface area contributed by atoms with Crippen molar-refractivity contribution in [1.82, 2.24) is 0 Å². The molecule has 2 aromatic rings. The summed E-state index contributed by atoms with van der Waals surface area (Å²) in [4.78, 5) is 0. The molecule has 2 aromatic carbocycles. The first-order chi connectivity index (χ1) is 16.9. The SMILES string of the molecule is C=CC1CCC(c2ccc(-c3ccc(CCC4CCC(CCC)OC4)c(F)c3F)c(F)c2F)OC1. The second-order valence-electron chi connectivity index (χ2n) is 9.85. The molecule has 2 heterocycles. The molecule has 4 rings (SSSR count). The number of aryl methyl sites for hydroxylation is 1. The van der Waals surface area contributed by atoms with E-state index in [2.05, 4.69) is 13.5 Å². The number of ether oxygens (including phenoxy) is 2.